The molecule has 1 spiro atoms. The number of aryl methyl sites for hydroxylation is 1. The van der Waals surface area contributed by atoms with Crippen LogP contribution in [0.2, 0.25) is 0 Å². The van der Waals surface area contributed by atoms with E-state index in [2.05, 4.69) is 17.4 Å². The number of rotatable bonds is 3. The molecule has 208 valence electrons. The van der Waals surface area contributed by atoms with Crippen molar-refractivity contribution in [3.05, 3.63) is 65.2 Å². The molecule has 0 saturated carbocycles. The molecule has 1 N–H and O–H groups in total. The van der Waals surface area contributed by atoms with Gasteiger partial charge in [0.05, 0.1) is 6.61 Å². The predicted octanol–water partition coefficient (Wildman–Crippen LogP) is 4.73. The van der Waals surface area contributed by atoms with Crippen molar-refractivity contribution in [3.63, 3.8) is 0 Å². The number of hydrogen-bond acceptors (Lipinski definition) is 4. The zero-order valence-electron chi connectivity index (χ0n) is 23.0. The third-order valence-electron chi connectivity index (χ3n) is 8.67. The molecule has 39 heavy (non-hydrogen) atoms. The van der Waals surface area contributed by atoms with E-state index in [1.165, 1.54) is 5.56 Å². The van der Waals surface area contributed by atoms with Crippen LogP contribution in [0.15, 0.2) is 48.5 Å². The number of likely N-dealkylation sites (tertiary alicyclic amines) is 2. The summed E-state index contributed by atoms with van der Waals surface area (Å²) in [5, 5.41) is 3.21. The van der Waals surface area contributed by atoms with Crippen molar-refractivity contribution in [1.82, 2.24) is 15.1 Å². The smallest absolute Gasteiger partial charge is 0.253 e. The van der Waals surface area contributed by atoms with Crippen LogP contribution >= 0.6 is 0 Å². The Hall–Kier alpha value is -3.35. The number of nitrogens with zero attached hydrogens (tertiary/aromatic N) is 2. The molecule has 0 aliphatic carbocycles. The average Bonchev–Trinajstić information content (AvgIpc) is 3.36. The molecular formula is C32H41N3O4. The highest BCUT2D eigenvalue weighted by Crippen LogP contribution is 2.37. The first-order valence-corrected chi connectivity index (χ1v) is 14.6. The fourth-order valence-electron chi connectivity index (χ4n) is 6.23. The summed E-state index contributed by atoms with van der Waals surface area (Å²) >= 11 is 0. The van der Waals surface area contributed by atoms with E-state index in [0.29, 0.717) is 57.6 Å². The highest BCUT2D eigenvalue weighted by molar-refractivity contribution is 5.94. The maximum absolute atomic E-state index is 13.4. The number of benzene rings is 2. The van der Waals surface area contributed by atoms with Crippen LogP contribution in [0.5, 0.6) is 5.75 Å². The molecule has 0 unspecified atom stereocenters. The maximum atomic E-state index is 13.4. The van der Waals surface area contributed by atoms with E-state index in [9.17, 15) is 14.4 Å². The van der Waals surface area contributed by atoms with E-state index >= 15 is 0 Å². The number of para-hydroxylation sites is 1. The lowest BCUT2D eigenvalue weighted by atomic mass is 9.74. The van der Waals surface area contributed by atoms with Crippen LogP contribution in [0.3, 0.4) is 0 Å². The van der Waals surface area contributed by atoms with Crippen molar-refractivity contribution in [3.8, 4) is 5.75 Å². The number of nitrogens with one attached hydrogen (secondary N) is 1. The molecule has 7 heteroatoms. The Labute approximate surface area is 231 Å². The molecule has 0 radical (unpaired) electrons. The van der Waals surface area contributed by atoms with Crippen LogP contribution in [0.4, 0.5) is 0 Å². The number of piperidine rings is 1. The first kappa shape index (κ1) is 27.2. The van der Waals surface area contributed by atoms with Gasteiger partial charge in [0.1, 0.15) is 5.75 Å². The first-order valence-electron chi connectivity index (χ1n) is 14.6. The van der Waals surface area contributed by atoms with Gasteiger partial charge in [-0.2, -0.15) is 0 Å². The lowest BCUT2D eigenvalue weighted by Gasteiger charge is -2.42. The van der Waals surface area contributed by atoms with E-state index < -0.39 is 0 Å². The van der Waals surface area contributed by atoms with E-state index in [4.69, 9.17) is 4.74 Å². The second-order valence-corrected chi connectivity index (χ2v) is 11.5. The van der Waals surface area contributed by atoms with Gasteiger partial charge in [0, 0.05) is 51.1 Å². The summed E-state index contributed by atoms with van der Waals surface area (Å²) < 4.78 is 5.97. The normalized spacial score (nSPS) is 20.6. The molecular weight excluding hydrogens is 490 g/mol. The van der Waals surface area contributed by atoms with E-state index in [1.54, 1.807) is 0 Å². The first-order chi connectivity index (χ1) is 19.0. The van der Waals surface area contributed by atoms with Gasteiger partial charge in [0.15, 0.2) is 0 Å². The van der Waals surface area contributed by atoms with Crippen molar-refractivity contribution in [2.75, 3.05) is 32.8 Å². The minimum Gasteiger partial charge on any atom is -0.493 e. The van der Waals surface area contributed by atoms with Gasteiger partial charge in [-0.3, -0.25) is 14.4 Å². The summed E-state index contributed by atoms with van der Waals surface area (Å²) in [6, 6.07) is 16.0. The van der Waals surface area contributed by atoms with Gasteiger partial charge in [0.25, 0.3) is 5.91 Å². The monoisotopic (exact) mass is 531 g/mol. The Morgan fingerprint density at radius 2 is 1.72 bits per heavy atom. The van der Waals surface area contributed by atoms with Crippen LogP contribution in [0, 0.1) is 5.41 Å². The van der Waals surface area contributed by atoms with Crippen molar-refractivity contribution < 1.29 is 19.1 Å². The largest absolute Gasteiger partial charge is 0.493 e. The van der Waals surface area contributed by atoms with Crippen LogP contribution in [0.25, 0.3) is 0 Å². The average molecular weight is 532 g/mol. The summed E-state index contributed by atoms with van der Waals surface area (Å²) in [5.41, 5.74) is 2.95. The zero-order valence-corrected chi connectivity index (χ0v) is 23.0. The van der Waals surface area contributed by atoms with E-state index in [1.807, 2.05) is 46.2 Å². The summed E-state index contributed by atoms with van der Waals surface area (Å²) in [6.45, 7) is 3.97. The summed E-state index contributed by atoms with van der Waals surface area (Å²) in [4.78, 5) is 41.9. The third kappa shape index (κ3) is 7.00. The molecule has 5 rings (SSSR count). The fraction of sp³-hybridized carbons (Fsp3) is 0.531. The van der Waals surface area contributed by atoms with E-state index in [0.717, 1.165) is 62.8 Å². The number of fused-ring (bicyclic) bond motifs is 1. The second kappa shape index (κ2) is 12.7. The van der Waals surface area contributed by atoms with Crippen LogP contribution in [0.1, 0.15) is 79.3 Å². The number of carbonyl (C=O) groups is 3. The van der Waals surface area contributed by atoms with Crippen LogP contribution in [-0.4, -0.2) is 60.3 Å². The van der Waals surface area contributed by atoms with Crippen LogP contribution < -0.4 is 10.1 Å². The molecule has 0 bridgehead atoms. The fourth-order valence-corrected chi connectivity index (χ4v) is 6.23. The lowest BCUT2D eigenvalue weighted by Crippen LogP contribution is -2.48. The van der Waals surface area contributed by atoms with Crippen molar-refractivity contribution in [2.45, 2.75) is 70.8 Å². The quantitative estimate of drug-likeness (QED) is 0.621. The molecule has 3 aliphatic heterocycles. The van der Waals surface area contributed by atoms with Crippen molar-refractivity contribution >= 4 is 17.7 Å². The van der Waals surface area contributed by atoms with Crippen molar-refractivity contribution in [1.29, 1.82) is 0 Å². The highest BCUT2D eigenvalue weighted by Gasteiger charge is 2.36. The highest BCUT2D eigenvalue weighted by atomic mass is 16.5. The topological polar surface area (TPSA) is 79.0 Å². The molecule has 0 aromatic heterocycles. The molecule has 3 aliphatic rings. The Morgan fingerprint density at radius 1 is 0.872 bits per heavy atom. The summed E-state index contributed by atoms with van der Waals surface area (Å²) in [5.74, 6) is 1.27. The van der Waals surface area contributed by atoms with Crippen LogP contribution in [-0.2, 0) is 22.6 Å². The predicted molar refractivity (Wildman–Crippen MR) is 150 cm³/mol. The minimum absolute atomic E-state index is 0.0184. The Bertz CT molecular complexity index is 1170. The molecule has 2 aromatic carbocycles. The maximum Gasteiger partial charge on any atom is 0.253 e. The molecule has 2 aromatic rings. The van der Waals surface area contributed by atoms with Gasteiger partial charge in [-0.05, 0) is 79.7 Å². The molecule has 0 atom stereocenters. The van der Waals surface area contributed by atoms with Gasteiger partial charge in [-0.15, -0.1) is 0 Å². The third-order valence-corrected chi connectivity index (χ3v) is 8.67. The second-order valence-electron chi connectivity index (χ2n) is 11.5. The number of carbonyl (C=O) groups excluding carboxylic acids is 3. The Morgan fingerprint density at radius 3 is 2.54 bits per heavy atom. The minimum atomic E-state index is 0.0184. The van der Waals surface area contributed by atoms with Gasteiger partial charge >= 0.3 is 0 Å². The SMILES string of the molecule is O=C1CCCOc2ccccc2CCCCC2(CCN(C(=O)c3cccc(CN4CCCC4=O)c3)CC2)CN1. The van der Waals surface area contributed by atoms with E-state index in [-0.39, 0.29) is 23.1 Å². The zero-order chi connectivity index (χ0) is 27.1. The molecule has 2 saturated heterocycles. The molecule has 3 heterocycles. The number of hydrogen-bond donors (Lipinski definition) is 1. The lowest BCUT2D eigenvalue weighted by molar-refractivity contribution is -0.128. The molecule has 3 amide bonds. The van der Waals surface area contributed by atoms with Crippen molar-refractivity contribution in [2.24, 2.45) is 5.41 Å². The van der Waals surface area contributed by atoms with Gasteiger partial charge in [-0.1, -0.05) is 36.8 Å². The standard InChI is InChI=1S/C32H41N3O4/c36-29-13-7-21-39-28-12-2-1-9-26(28)10-3-4-15-32(24-33-29)16-19-34(20-17-32)31(38)27-11-5-8-25(22-27)23-35-18-6-14-30(35)37/h1-2,5,8-9,11-12,22H,3-4,6-7,10,13-21,23-24H2,(H,33,36). The van der Waals surface area contributed by atoms with Gasteiger partial charge in [0.2, 0.25) is 11.8 Å². The summed E-state index contributed by atoms with van der Waals surface area (Å²) in [6.07, 6.45) is 8.65. The Kier molecular flexibility index (Phi) is 8.84. The summed E-state index contributed by atoms with van der Waals surface area (Å²) in [7, 11) is 0. The number of amides is 3. The van der Waals surface area contributed by atoms with Gasteiger partial charge < -0.3 is 19.9 Å². The Balaban J connectivity index is 1.21. The number of ether oxygens (including phenoxy) is 1. The molecule has 7 nitrogen and oxygen atoms in total. The molecule has 2 fully saturated rings. The van der Waals surface area contributed by atoms with Gasteiger partial charge in [-0.25, -0.2) is 0 Å².